The molecule has 0 spiro atoms. The smallest absolute Gasteiger partial charge is 0.307 e. The summed E-state index contributed by atoms with van der Waals surface area (Å²) in [5.41, 5.74) is -1.86. The van der Waals surface area contributed by atoms with E-state index in [1.165, 1.54) is 63.9 Å². The molecule has 31 heavy (non-hydrogen) atoms. The quantitative estimate of drug-likeness (QED) is 0.138. The molecule has 182 valence electrons. The van der Waals surface area contributed by atoms with Gasteiger partial charge in [0.1, 0.15) is 6.54 Å². The third kappa shape index (κ3) is 18.1. The Bertz CT molecular complexity index is 513. The summed E-state index contributed by atoms with van der Waals surface area (Å²) in [6.07, 6.45) is 19.1. The summed E-state index contributed by atoms with van der Waals surface area (Å²) >= 11 is 0. The monoisotopic (exact) mass is 442 g/mol. The molecule has 1 atom stereocenters. The van der Waals surface area contributed by atoms with Crippen molar-refractivity contribution in [3.05, 3.63) is 12.2 Å². The number of carboxylic acids is 1. The molecule has 0 amide bonds. The van der Waals surface area contributed by atoms with Gasteiger partial charge < -0.3 is 19.8 Å². The van der Waals surface area contributed by atoms with Crippen molar-refractivity contribution in [2.75, 3.05) is 34.3 Å². The molecule has 0 saturated carbocycles. The van der Waals surface area contributed by atoms with E-state index >= 15 is 0 Å². The number of unbranched alkanes of at least 4 members (excludes halogenated alkanes) is 13. The Morgan fingerprint density at radius 1 is 0.774 bits per heavy atom. The molecule has 0 aliphatic carbocycles. The van der Waals surface area contributed by atoms with Gasteiger partial charge in [-0.05, 0) is 25.3 Å². The first-order valence-electron chi connectivity index (χ1n) is 12.2. The van der Waals surface area contributed by atoms with E-state index in [0.29, 0.717) is 11.1 Å². The van der Waals surface area contributed by atoms with E-state index in [4.69, 9.17) is 10.2 Å². The van der Waals surface area contributed by atoms with Crippen LogP contribution in [0.4, 0.5) is 0 Å². The highest BCUT2D eigenvalue weighted by atomic mass is 16.4. The molecule has 0 saturated heterocycles. The van der Waals surface area contributed by atoms with Crippen LogP contribution in [0.5, 0.6) is 0 Å². The predicted molar refractivity (Wildman–Crippen MR) is 126 cm³/mol. The van der Waals surface area contributed by atoms with Crippen LogP contribution in [0.15, 0.2) is 12.2 Å². The first kappa shape index (κ1) is 29.8. The molecule has 6 heteroatoms. The minimum Gasteiger partial charge on any atom is -0.481 e. The van der Waals surface area contributed by atoms with E-state index in [1.54, 1.807) is 6.08 Å². The van der Waals surface area contributed by atoms with Crippen molar-refractivity contribution in [1.29, 1.82) is 0 Å². The second-order valence-electron chi connectivity index (χ2n) is 9.93. The molecular formula is C25H48NO5+. The summed E-state index contributed by atoms with van der Waals surface area (Å²) in [6, 6.07) is 0. The maximum atomic E-state index is 12.4. The van der Waals surface area contributed by atoms with Gasteiger partial charge in [-0.15, -0.1) is 0 Å². The van der Waals surface area contributed by atoms with Gasteiger partial charge in [-0.2, -0.15) is 0 Å². The molecule has 6 nitrogen and oxygen atoms in total. The van der Waals surface area contributed by atoms with E-state index < -0.39 is 23.8 Å². The summed E-state index contributed by atoms with van der Waals surface area (Å²) in [6.45, 7) is 0.383. The molecule has 0 radical (unpaired) electrons. The Labute approximate surface area is 189 Å². The van der Waals surface area contributed by atoms with Crippen LogP contribution in [-0.4, -0.2) is 71.5 Å². The Balaban J connectivity index is 3.83. The Kier molecular flexibility index (Phi) is 16.6. The highest BCUT2D eigenvalue weighted by molar-refractivity contribution is 5.99. The zero-order chi connectivity index (χ0) is 23.6. The molecule has 0 aromatic carbocycles. The number of hydrogen-bond acceptors (Lipinski definition) is 4. The van der Waals surface area contributed by atoms with Crippen molar-refractivity contribution >= 4 is 11.8 Å². The third-order valence-electron chi connectivity index (χ3n) is 5.44. The first-order chi connectivity index (χ1) is 14.6. The Morgan fingerprint density at radius 3 is 1.58 bits per heavy atom. The van der Waals surface area contributed by atoms with Crippen LogP contribution in [0.25, 0.3) is 0 Å². The minimum absolute atomic E-state index is 0.0617. The lowest BCUT2D eigenvalue weighted by atomic mass is 9.92. The van der Waals surface area contributed by atoms with E-state index in [-0.39, 0.29) is 6.54 Å². The molecule has 0 rings (SSSR count). The standard InChI is InChI=1S/C25H47NO5/c1-26(2,3)22-25(31,21-24(29)30)23(28)19-17-15-13-11-9-7-5-4-6-8-10-12-14-16-18-20-27/h17,19,27,31H,4-16,18,20-22H2,1-3H3/p+1/t25-/m1/s1. The normalized spacial score (nSPS) is 14.1. The lowest BCUT2D eigenvalue weighted by molar-refractivity contribution is -0.875. The van der Waals surface area contributed by atoms with E-state index in [2.05, 4.69) is 0 Å². The second-order valence-corrected chi connectivity index (χ2v) is 9.93. The fourth-order valence-electron chi connectivity index (χ4n) is 3.92. The largest absolute Gasteiger partial charge is 0.481 e. The van der Waals surface area contributed by atoms with Crippen LogP contribution in [-0.2, 0) is 9.59 Å². The van der Waals surface area contributed by atoms with Crippen LogP contribution >= 0.6 is 0 Å². The summed E-state index contributed by atoms with van der Waals surface area (Å²) in [7, 11) is 5.47. The van der Waals surface area contributed by atoms with E-state index in [1.807, 2.05) is 21.1 Å². The summed E-state index contributed by atoms with van der Waals surface area (Å²) in [4.78, 5) is 23.5. The van der Waals surface area contributed by atoms with Gasteiger partial charge in [0.25, 0.3) is 0 Å². The topological polar surface area (TPSA) is 94.8 Å². The molecule has 0 heterocycles. The highest BCUT2D eigenvalue weighted by Crippen LogP contribution is 2.18. The molecule has 0 aromatic rings. The van der Waals surface area contributed by atoms with Crippen molar-refractivity contribution in [3.63, 3.8) is 0 Å². The van der Waals surface area contributed by atoms with Gasteiger partial charge in [0.15, 0.2) is 11.4 Å². The maximum Gasteiger partial charge on any atom is 0.307 e. The Hall–Kier alpha value is -1.24. The van der Waals surface area contributed by atoms with Crippen molar-refractivity contribution in [2.45, 2.75) is 102 Å². The van der Waals surface area contributed by atoms with Crippen LogP contribution in [0.3, 0.4) is 0 Å². The molecule has 3 N–H and O–H groups in total. The van der Waals surface area contributed by atoms with Crippen LogP contribution in [0.2, 0.25) is 0 Å². The average molecular weight is 443 g/mol. The maximum absolute atomic E-state index is 12.4. The van der Waals surface area contributed by atoms with Crippen molar-refractivity contribution in [3.8, 4) is 0 Å². The van der Waals surface area contributed by atoms with Crippen LogP contribution in [0.1, 0.15) is 96.3 Å². The summed E-state index contributed by atoms with van der Waals surface area (Å²) < 4.78 is 0.313. The number of aliphatic carboxylic acids is 1. The van der Waals surface area contributed by atoms with E-state index in [0.717, 1.165) is 32.1 Å². The van der Waals surface area contributed by atoms with Crippen LogP contribution in [0, 0.1) is 0 Å². The van der Waals surface area contributed by atoms with Gasteiger partial charge in [-0.3, -0.25) is 9.59 Å². The molecular weight excluding hydrogens is 394 g/mol. The molecule has 0 aromatic heterocycles. The van der Waals surface area contributed by atoms with Gasteiger partial charge in [0.05, 0.1) is 27.6 Å². The number of rotatable bonds is 21. The zero-order valence-corrected chi connectivity index (χ0v) is 20.3. The van der Waals surface area contributed by atoms with Gasteiger partial charge in [-0.25, -0.2) is 0 Å². The van der Waals surface area contributed by atoms with Gasteiger partial charge in [0, 0.05) is 6.61 Å². The highest BCUT2D eigenvalue weighted by Gasteiger charge is 2.41. The number of likely N-dealkylation sites (N-methyl/N-ethyl adjacent to an activating group) is 1. The second kappa shape index (κ2) is 17.3. The van der Waals surface area contributed by atoms with Gasteiger partial charge in [0.2, 0.25) is 0 Å². The molecule has 0 unspecified atom stereocenters. The number of aliphatic hydroxyl groups is 2. The van der Waals surface area contributed by atoms with Crippen LogP contribution < -0.4 is 0 Å². The van der Waals surface area contributed by atoms with Gasteiger partial charge in [-0.1, -0.05) is 76.7 Å². The average Bonchev–Trinajstić information content (AvgIpc) is 2.65. The van der Waals surface area contributed by atoms with Crippen molar-refractivity contribution < 1.29 is 29.4 Å². The number of allylic oxidation sites excluding steroid dienone is 1. The Morgan fingerprint density at radius 2 is 1.19 bits per heavy atom. The number of hydrogen-bond donors (Lipinski definition) is 3. The number of carbonyl (C=O) groups is 2. The fourth-order valence-corrected chi connectivity index (χ4v) is 3.92. The number of ketones is 1. The number of carboxylic acid groups (broad SMARTS) is 1. The zero-order valence-electron chi connectivity index (χ0n) is 20.3. The SMILES string of the molecule is C[N+](C)(C)C[C@](O)(CC(=O)O)C(=O)C=CCCCCCCCCCCCCCCCO. The van der Waals surface area contributed by atoms with Gasteiger partial charge >= 0.3 is 5.97 Å². The molecule has 0 bridgehead atoms. The fraction of sp³-hybridized carbons (Fsp3) is 0.840. The predicted octanol–water partition coefficient (Wildman–Crippen LogP) is 4.48. The number of quaternary nitrogens is 1. The summed E-state index contributed by atoms with van der Waals surface area (Å²) in [5, 5.41) is 28.4. The summed E-state index contributed by atoms with van der Waals surface area (Å²) in [5.74, 6) is -1.69. The lowest BCUT2D eigenvalue weighted by Gasteiger charge is -2.33. The first-order valence-corrected chi connectivity index (χ1v) is 12.2. The third-order valence-corrected chi connectivity index (χ3v) is 5.44. The number of aliphatic hydroxyl groups excluding tert-OH is 1. The lowest BCUT2D eigenvalue weighted by Crippen LogP contribution is -2.54. The molecule has 0 fully saturated rings. The number of carbonyl (C=O) groups excluding carboxylic acids is 1. The molecule has 0 aliphatic rings. The molecule has 0 aliphatic heterocycles. The van der Waals surface area contributed by atoms with Crippen molar-refractivity contribution in [2.24, 2.45) is 0 Å². The minimum atomic E-state index is -1.86. The van der Waals surface area contributed by atoms with Crippen molar-refractivity contribution in [1.82, 2.24) is 0 Å². The van der Waals surface area contributed by atoms with E-state index in [9.17, 15) is 14.7 Å². The number of nitrogens with zero attached hydrogens (tertiary/aromatic N) is 1.